The molecular formula is C52H50O12. The van der Waals surface area contributed by atoms with Gasteiger partial charge in [-0.05, 0) is 77.7 Å². The third-order valence-corrected chi connectivity index (χ3v) is 10.9. The Hall–Kier alpha value is -7.31. The van der Waals surface area contributed by atoms with Crippen molar-refractivity contribution in [3.8, 4) is 28.7 Å². The summed E-state index contributed by atoms with van der Waals surface area (Å²) in [5, 5.41) is 12.4. The molecule has 1 fully saturated rings. The van der Waals surface area contributed by atoms with Crippen LogP contribution in [0.25, 0.3) is 0 Å². The van der Waals surface area contributed by atoms with Crippen LogP contribution in [0.2, 0.25) is 0 Å². The average Bonchev–Trinajstić information content (AvgIpc) is 3.32. The van der Waals surface area contributed by atoms with Crippen molar-refractivity contribution in [1.82, 2.24) is 0 Å². The number of benzene rings is 6. The number of esters is 3. The second-order valence-electron chi connectivity index (χ2n) is 15.5. The summed E-state index contributed by atoms with van der Waals surface area (Å²) in [4.78, 5) is 42.4. The van der Waals surface area contributed by atoms with Crippen LogP contribution in [0.3, 0.4) is 0 Å². The number of rotatable bonds is 17. The minimum atomic E-state index is -1.60. The number of methoxy groups -OCH3 is 3. The van der Waals surface area contributed by atoms with Crippen LogP contribution < -0.4 is 23.7 Å². The zero-order chi connectivity index (χ0) is 45.1. The van der Waals surface area contributed by atoms with E-state index >= 15 is 0 Å². The Bertz CT molecular complexity index is 2530. The molecule has 0 aromatic heterocycles. The Morgan fingerprint density at radius 1 is 0.500 bits per heavy atom. The fraction of sp³-hybridized carbons (Fsp3) is 0.250. The Morgan fingerprint density at radius 2 is 0.891 bits per heavy atom. The van der Waals surface area contributed by atoms with E-state index in [-0.39, 0.29) is 60.7 Å². The van der Waals surface area contributed by atoms with Gasteiger partial charge in [-0.15, -0.1) is 0 Å². The second kappa shape index (κ2) is 20.7. The molecule has 1 aliphatic carbocycles. The van der Waals surface area contributed by atoms with Crippen LogP contribution >= 0.6 is 0 Å². The molecule has 4 atom stereocenters. The first-order valence-electron chi connectivity index (χ1n) is 20.8. The smallest absolute Gasteiger partial charge is 0.338 e. The van der Waals surface area contributed by atoms with Crippen LogP contribution in [0.1, 0.15) is 66.2 Å². The summed E-state index contributed by atoms with van der Waals surface area (Å²) in [7, 11) is 4.41. The van der Waals surface area contributed by atoms with Gasteiger partial charge in [0.2, 0.25) is 0 Å². The van der Waals surface area contributed by atoms with Gasteiger partial charge in [0, 0.05) is 19.3 Å². The molecule has 64 heavy (non-hydrogen) atoms. The molecule has 0 bridgehead atoms. The normalized spacial score (nSPS) is 17.9. The first kappa shape index (κ1) is 44.7. The molecule has 1 N–H and O–H groups in total. The van der Waals surface area contributed by atoms with E-state index in [9.17, 15) is 19.5 Å². The van der Waals surface area contributed by atoms with Crippen molar-refractivity contribution in [1.29, 1.82) is 0 Å². The van der Waals surface area contributed by atoms with Crippen molar-refractivity contribution in [2.75, 3.05) is 21.3 Å². The largest absolute Gasteiger partial charge is 0.496 e. The highest BCUT2D eigenvalue weighted by atomic mass is 16.6. The van der Waals surface area contributed by atoms with E-state index in [1.54, 1.807) is 30.3 Å². The minimum absolute atomic E-state index is 0.0864. The van der Waals surface area contributed by atoms with Gasteiger partial charge in [-0.3, -0.25) is 0 Å². The summed E-state index contributed by atoms with van der Waals surface area (Å²) in [6.45, 7) is 2.36. The standard InChI is InChI=1S/C52H50O12/c1-34-20-21-38(26-43(34)57-2)49(53)62-46-30-52(56,29-35-14-8-5-9-15-35)31-47(63-50(54)39-22-24-41(44(27-39)58-3)60-32-36-16-10-6-11-17-36)48(46)64-51(55)40-23-25-42(45(28-40)59-4)61-33-37-18-12-7-13-19-37/h5-28,46-48,56H,29-33H2,1-4H3. The van der Waals surface area contributed by atoms with E-state index in [0.29, 0.717) is 17.2 Å². The van der Waals surface area contributed by atoms with Crippen molar-refractivity contribution < 1.29 is 57.4 Å². The molecule has 0 amide bonds. The first-order chi connectivity index (χ1) is 31.0. The van der Waals surface area contributed by atoms with Crippen LogP contribution in [0, 0.1) is 6.92 Å². The van der Waals surface area contributed by atoms with Crippen LogP contribution in [-0.4, -0.2) is 68.3 Å². The molecule has 1 saturated carbocycles. The fourth-order valence-corrected chi connectivity index (χ4v) is 7.64. The Kier molecular flexibility index (Phi) is 14.5. The summed E-state index contributed by atoms with van der Waals surface area (Å²) >= 11 is 0. The highest BCUT2D eigenvalue weighted by Gasteiger charge is 2.51. The van der Waals surface area contributed by atoms with Gasteiger partial charge >= 0.3 is 17.9 Å². The van der Waals surface area contributed by atoms with Crippen LogP contribution in [0.5, 0.6) is 28.7 Å². The van der Waals surface area contributed by atoms with E-state index in [4.69, 9.17) is 37.9 Å². The SMILES string of the molecule is COc1cc(C(=O)OC2CC(O)(Cc3ccccc3)CC(OC(=O)c3ccc(OCc4ccccc4)c(OC)c3)C2OC(=O)c2ccc(OCc3ccccc3)c(OC)c2)ccc1C. The molecular weight excluding hydrogens is 817 g/mol. The molecule has 7 rings (SSSR count). The molecule has 6 aromatic carbocycles. The van der Waals surface area contributed by atoms with E-state index in [0.717, 1.165) is 22.3 Å². The number of aliphatic hydroxyl groups is 1. The van der Waals surface area contributed by atoms with Gasteiger partial charge in [0.25, 0.3) is 0 Å². The predicted molar refractivity (Wildman–Crippen MR) is 237 cm³/mol. The first-order valence-corrected chi connectivity index (χ1v) is 20.8. The summed E-state index contributed by atoms with van der Waals surface area (Å²) in [6.07, 6.45) is -4.25. The highest BCUT2D eigenvalue weighted by Crippen LogP contribution is 2.39. The van der Waals surface area contributed by atoms with Gasteiger partial charge < -0.3 is 43.0 Å². The van der Waals surface area contributed by atoms with E-state index in [1.165, 1.54) is 45.6 Å². The minimum Gasteiger partial charge on any atom is -0.496 e. The predicted octanol–water partition coefficient (Wildman–Crippen LogP) is 8.92. The molecule has 1 aliphatic rings. The summed E-state index contributed by atoms with van der Waals surface area (Å²) in [5.74, 6) is -0.591. The molecule has 0 heterocycles. The van der Waals surface area contributed by atoms with Gasteiger partial charge in [0.05, 0.1) is 43.6 Å². The Morgan fingerprint density at radius 3 is 1.33 bits per heavy atom. The van der Waals surface area contributed by atoms with Crippen molar-refractivity contribution in [3.05, 3.63) is 185 Å². The topological polar surface area (TPSA) is 145 Å². The summed E-state index contributed by atoms with van der Waals surface area (Å²) in [6, 6.07) is 42.5. The molecule has 0 saturated heterocycles. The van der Waals surface area contributed by atoms with Crippen LogP contribution in [0.15, 0.2) is 146 Å². The third kappa shape index (κ3) is 11.2. The van der Waals surface area contributed by atoms with E-state index in [1.807, 2.05) is 97.9 Å². The molecule has 0 aliphatic heterocycles. The maximum absolute atomic E-state index is 14.2. The molecule has 0 radical (unpaired) electrons. The monoisotopic (exact) mass is 866 g/mol. The zero-order valence-electron chi connectivity index (χ0n) is 36.1. The van der Waals surface area contributed by atoms with Crippen molar-refractivity contribution >= 4 is 17.9 Å². The molecule has 12 nitrogen and oxygen atoms in total. The number of hydrogen-bond donors (Lipinski definition) is 1. The third-order valence-electron chi connectivity index (χ3n) is 10.9. The van der Waals surface area contributed by atoms with Crippen LogP contribution in [0.4, 0.5) is 0 Å². The quantitative estimate of drug-likeness (QED) is 0.0690. The number of carbonyl (C=O) groups is 3. The molecule has 4 unspecified atom stereocenters. The average molecular weight is 867 g/mol. The lowest BCUT2D eigenvalue weighted by Crippen LogP contribution is -2.57. The number of hydrogen-bond acceptors (Lipinski definition) is 12. The number of carbonyl (C=O) groups excluding carboxylic acids is 3. The van der Waals surface area contributed by atoms with E-state index in [2.05, 4.69) is 0 Å². The fourth-order valence-electron chi connectivity index (χ4n) is 7.64. The van der Waals surface area contributed by atoms with Crippen molar-refractivity contribution in [3.63, 3.8) is 0 Å². The summed E-state index contributed by atoms with van der Waals surface area (Å²) in [5.41, 5.74) is 2.22. The molecule has 6 aromatic rings. The Labute approximate surface area is 372 Å². The van der Waals surface area contributed by atoms with Crippen molar-refractivity contribution in [2.45, 2.75) is 63.3 Å². The van der Waals surface area contributed by atoms with Gasteiger partial charge in [-0.2, -0.15) is 0 Å². The lowest BCUT2D eigenvalue weighted by atomic mass is 9.76. The van der Waals surface area contributed by atoms with Gasteiger partial charge in [0.1, 0.15) is 31.2 Å². The molecule has 12 heteroatoms. The molecule has 0 spiro atoms. The summed E-state index contributed by atoms with van der Waals surface area (Å²) < 4.78 is 47.3. The van der Waals surface area contributed by atoms with Gasteiger partial charge in [-0.25, -0.2) is 14.4 Å². The van der Waals surface area contributed by atoms with Crippen LogP contribution in [-0.2, 0) is 33.8 Å². The van der Waals surface area contributed by atoms with E-state index < -0.39 is 41.8 Å². The zero-order valence-corrected chi connectivity index (χ0v) is 36.1. The number of aryl methyl sites for hydroxylation is 1. The second-order valence-corrected chi connectivity index (χ2v) is 15.5. The lowest BCUT2D eigenvalue weighted by molar-refractivity contribution is -0.160. The molecule has 330 valence electrons. The van der Waals surface area contributed by atoms with Gasteiger partial charge in [-0.1, -0.05) is 97.1 Å². The maximum atomic E-state index is 14.2. The van der Waals surface area contributed by atoms with Gasteiger partial charge in [0.15, 0.2) is 29.1 Å². The lowest BCUT2D eigenvalue weighted by Gasteiger charge is -2.44. The highest BCUT2D eigenvalue weighted by molar-refractivity contribution is 5.92. The van der Waals surface area contributed by atoms with Crippen molar-refractivity contribution in [2.24, 2.45) is 0 Å². The maximum Gasteiger partial charge on any atom is 0.338 e. The Balaban J connectivity index is 1.21. The number of ether oxygens (including phenoxy) is 8.